The summed E-state index contributed by atoms with van der Waals surface area (Å²) in [5, 5.41) is 3.38. The monoisotopic (exact) mass is 261 g/mol. The van der Waals surface area contributed by atoms with Crippen molar-refractivity contribution in [2.24, 2.45) is 0 Å². The van der Waals surface area contributed by atoms with E-state index in [2.05, 4.69) is 48.1 Å². The standard InChI is InChI=1S/C16H27N3/c1-15(2,3)19-10-7-16(8-11-19,13-17-4)14-6-5-9-18-12-14/h5-6,9,12,17H,7-8,10-11,13H2,1-4H3. The van der Waals surface area contributed by atoms with Crippen molar-refractivity contribution in [3.05, 3.63) is 30.1 Å². The van der Waals surface area contributed by atoms with Crippen LogP contribution in [0.3, 0.4) is 0 Å². The maximum absolute atomic E-state index is 4.31. The Balaban J connectivity index is 2.16. The molecule has 0 aliphatic carbocycles. The first-order valence-corrected chi connectivity index (χ1v) is 7.28. The summed E-state index contributed by atoms with van der Waals surface area (Å²) >= 11 is 0. The van der Waals surface area contributed by atoms with Crippen LogP contribution >= 0.6 is 0 Å². The molecule has 19 heavy (non-hydrogen) atoms. The van der Waals surface area contributed by atoms with E-state index in [1.165, 1.54) is 31.5 Å². The molecule has 0 spiro atoms. The highest BCUT2D eigenvalue weighted by molar-refractivity contribution is 5.24. The van der Waals surface area contributed by atoms with E-state index in [9.17, 15) is 0 Å². The fraction of sp³-hybridized carbons (Fsp3) is 0.688. The average molecular weight is 261 g/mol. The van der Waals surface area contributed by atoms with Crippen molar-refractivity contribution in [1.82, 2.24) is 15.2 Å². The minimum Gasteiger partial charge on any atom is -0.319 e. The van der Waals surface area contributed by atoms with Gasteiger partial charge in [0.05, 0.1) is 0 Å². The SMILES string of the molecule is CNCC1(c2cccnc2)CCN(C(C)(C)C)CC1. The molecule has 1 aromatic heterocycles. The third-order valence-electron chi connectivity index (χ3n) is 4.46. The number of nitrogens with zero attached hydrogens (tertiary/aromatic N) is 2. The van der Waals surface area contributed by atoms with Gasteiger partial charge in [0.2, 0.25) is 0 Å². The van der Waals surface area contributed by atoms with E-state index in [0.717, 1.165) is 6.54 Å². The van der Waals surface area contributed by atoms with E-state index in [1.807, 2.05) is 19.4 Å². The largest absolute Gasteiger partial charge is 0.319 e. The number of rotatable bonds is 3. The lowest BCUT2D eigenvalue weighted by Crippen LogP contribution is -2.52. The number of nitrogens with one attached hydrogen (secondary N) is 1. The van der Waals surface area contributed by atoms with Gasteiger partial charge >= 0.3 is 0 Å². The van der Waals surface area contributed by atoms with Crippen molar-refractivity contribution in [3.8, 4) is 0 Å². The molecule has 0 aromatic carbocycles. The van der Waals surface area contributed by atoms with Crippen molar-refractivity contribution in [2.75, 3.05) is 26.7 Å². The molecule has 1 N–H and O–H groups in total. The van der Waals surface area contributed by atoms with Gasteiger partial charge in [-0.05, 0) is 65.4 Å². The number of hydrogen-bond acceptors (Lipinski definition) is 3. The molecular formula is C16H27N3. The predicted octanol–water partition coefficient (Wildman–Crippen LogP) is 2.43. The number of aromatic nitrogens is 1. The Morgan fingerprint density at radius 2 is 2.00 bits per heavy atom. The van der Waals surface area contributed by atoms with Crippen molar-refractivity contribution in [3.63, 3.8) is 0 Å². The molecule has 1 fully saturated rings. The summed E-state index contributed by atoms with van der Waals surface area (Å²) in [4.78, 5) is 6.91. The van der Waals surface area contributed by atoms with E-state index < -0.39 is 0 Å². The zero-order valence-corrected chi connectivity index (χ0v) is 12.7. The summed E-state index contributed by atoms with van der Waals surface area (Å²) in [6, 6.07) is 4.29. The Bertz CT molecular complexity index is 386. The van der Waals surface area contributed by atoms with Gasteiger partial charge in [-0.3, -0.25) is 9.88 Å². The van der Waals surface area contributed by atoms with Gasteiger partial charge in [0.15, 0.2) is 0 Å². The Kier molecular flexibility index (Phi) is 4.26. The molecule has 1 aliphatic heterocycles. The molecule has 1 aliphatic rings. The van der Waals surface area contributed by atoms with E-state index in [4.69, 9.17) is 0 Å². The minimum absolute atomic E-state index is 0.255. The minimum atomic E-state index is 0.255. The van der Waals surface area contributed by atoms with Gasteiger partial charge in [0, 0.05) is 29.9 Å². The molecule has 1 saturated heterocycles. The van der Waals surface area contributed by atoms with Gasteiger partial charge in [0.25, 0.3) is 0 Å². The number of likely N-dealkylation sites (tertiary alicyclic amines) is 1. The third-order valence-corrected chi connectivity index (χ3v) is 4.46. The van der Waals surface area contributed by atoms with Crippen LogP contribution in [0.1, 0.15) is 39.2 Å². The van der Waals surface area contributed by atoms with E-state index in [-0.39, 0.29) is 11.0 Å². The van der Waals surface area contributed by atoms with E-state index in [0.29, 0.717) is 0 Å². The molecule has 106 valence electrons. The first-order valence-electron chi connectivity index (χ1n) is 7.28. The van der Waals surface area contributed by atoms with Crippen LogP contribution in [-0.2, 0) is 5.41 Å². The zero-order valence-electron chi connectivity index (χ0n) is 12.7. The summed E-state index contributed by atoms with van der Waals surface area (Å²) in [5.74, 6) is 0. The van der Waals surface area contributed by atoms with E-state index >= 15 is 0 Å². The Morgan fingerprint density at radius 1 is 1.32 bits per heavy atom. The molecule has 0 saturated carbocycles. The summed E-state index contributed by atoms with van der Waals surface area (Å²) in [6.45, 7) is 10.3. The highest BCUT2D eigenvalue weighted by Gasteiger charge is 2.38. The summed E-state index contributed by atoms with van der Waals surface area (Å²) < 4.78 is 0. The van der Waals surface area contributed by atoms with Crippen molar-refractivity contribution >= 4 is 0 Å². The zero-order chi connectivity index (χ0) is 13.9. The molecule has 2 heterocycles. The molecule has 0 unspecified atom stereocenters. The normalized spacial score (nSPS) is 20.4. The fourth-order valence-electron chi connectivity index (χ4n) is 3.19. The lowest BCUT2D eigenvalue weighted by atomic mass is 9.72. The predicted molar refractivity (Wildman–Crippen MR) is 80.4 cm³/mol. The fourth-order valence-corrected chi connectivity index (χ4v) is 3.19. The molecule has 0 amide bonds. The van der Waals surface area contributed by atoms with E-state index in [1.54, 1.807) is 0 Å². The van der Waals surface area contributed by atoms with Gasteiger partial charge < -0.3 is 5.32 Å². The maximum atomic E-state index is 4.31. The Labute approximate surface area is 117 Å². The lowest BCUT2D eigenvalue weighted by molar-refractivity contribution is 0.0741. The third kappa shape index (κ3) is 3.15. The number of hydrogen-bond donors (Lipinski definition) is 1. The second-order valence-electron chi connectivity index (χ2n) is 6.71. The number of piperidine rings is 1. The first-order chi connectivity index (χ1) is 8.98. The highest BCUT2D eigenvalue weighted by Crippen LogP contribution is 2.36. The summed E-state index contributed by atoms with van der Waals surface area (Å²) in [5.41, 5.74) is 1.92. The molecule has 0 radical (unpaired) electrons. The van der Waals surface area contributed by atoms with Gasteiger partial charge in [-0.1, -0.05) is 6.07 Å². The molecule has 0 atom stereocenters. The van der Waals surface area contributed by atoms with Gasteiger partial charge in [-0.25, -0.2) is 0 Å². The van der Waals surface area contributed by atoms with Gasteiger partial charge in [0.1, 0.15) is 0 Å². The molecule has 1 aromatic rings. The molecule has 3 heteroatoms. The molecule has 3 nitrogen and oxygen atoms in total. The quantitative estimate of drug-likeness (QED) is 0.906. The molecular weight excluding hydrogens is 234 g/mol. The Morgan fingerprint density at radius 3 is 2.47 bits per heavy atom. The van der Waals surface area contributed by atoms with Crippen molar-refractivity contribution in [2.45, 2.75) is 44.6 Å². The number of pyridine rings is 1. The van der Waals surface area contributed by atoms with Crippen LogP contribution in [-0.4, -0.2) is 42.1 Å². The van der Waals surface area contributed by atoms with Crippen molar-refractivity contribution in [1.29, 1.82) is 0 Å². The second-order valence-corrected chi connectivity index (χ2v) is 6.71. The van der Waals surface area contributed by atoms with Crippen LogP contribution in [0.15, 0.2) is 24.5 Å². The second kappa shape index (κ2) is 5.59. The topological polar surface area (TPSA) is 28.2 Å². The van der Waals surface area contributed by atoms with Crippen LogP contribution in [0.25, 0.3) is 0 Å². The van der Waals surface area contributed by atoms with Gasteiger partial charge in [-0.2, -0.15) is 0 Å². The lowest BCUT2D eigenvalue weighted by Gasteiger charge is -2.46. The summed E-state index contributed by atoms with van der Waals surface area (Å²) in [7, 11) is 2.05. The highest BCUT2D eigenvalue weighted by atomic mass is 15.2. The summed E-state index contributed by atoms with van der Waals surface area (Å²) in [6.07, 6.45) is 6.32. The average Bonchev–Trinajstić information content (AvgIpc) is 2.39. The van der Waals surface area contributed by atoms with Crippen molar-refractivity contribution < 1.29 is 0 Å². The van der Waals surface area contributed by atoms with Crippen LogP contribution in [0.4, 0.5) is 0 Å². The first kappa shape index (κ1) is 14.5. The van der Waals surface area contributed by atoms with Gasteiger partial charge in [-0.15, -0.1) is 0 Å². The van der Waals surface area contributed by atoms with Crippen LogP contribution < -0.4 is 5.32 Å². The maximum Gasteiger partial charge on any atom is 0.0306 e. The van der Waals surface area contributed by atoms with Crippen LogP contribution in [0.2, 0.25) is 0 Å². The molecule has 2 rings (SSSR count). The number of likely N-dealkylation sites (N-methyl/N-ethyl adjacent to an activating group) is 1. The van der Waals surface area contributed by atoms with Crippen LogP contribution in [0.5, 0.6) is 0 Å². The molecule has 0 bridgehead atoms. The van der Waals surface area contributed by atoms with Crippen LogP contribution in [0, 0.1) is 0 Å². The smallest absolute Gasteiger partial charge is 0.0306 e. The Hall–Kier alpha value is -0.930.